The van der Waals surface area contributed by atoms with Crippen molar-refractivity contribution in [2.75, 3.05) is 0 Å². The van der Waals surface area contributed by atoms with Gasteiger partial charge in [-0.2, -0.15) is 5.10 Å². The molecule has 1 heterocycles. The predicted molar refractivity (Wildman–Crippen MR) is 69.2 cm³/mol. The quantitative estimate of drug-likeness (QED) is 0.834. The molecule has 82 valence electrons. The lowest BCUT2D eigenvalue weighted by Gasteiger charge is -2.05. The highest BCUT2D eigenvalue weighted by Crippen LogP contribution is 2.20. The molecule has 0 aliphatic carbocycles. The summed E-state index contributed by atoms with van der Waals surface area (Å²) < 4.78 is 1.75. The van der Waals surface area contributed by atoms with Gasteiger partial charge in [-0.05, 0) is 31.2 Å². The van der Waals surface area contributed by atoms with Crippen LogP contribution >= 0.6 is 23.8 Å². The lowest BCUT2D eigenvalue weighted by molar-refractivity contribution is 0.862. The Morgan fingerprint density at radius 3 is 2.69 bits per heavy atom. The van der Waals surface area contributed by atoms with Crippen LogP contribution < -0.4 is 5.73 Å². The molecule has 0 fully saturated rings. The van der Waals surface area contributed by atoms with Gasteiger partial charge in [-0.1, -0.05) is 23.8 Å². The monoisotopic (exact) mass is 251 g/mol. The molecule has 0 saturated heterocycles. The summed E-state index contributed by atoms with van der Waals surface area (Å²) in [6.07, 6.45) is 1.88. The Bertz CT molecular complexity index is 548. The number of thiocarbonyl (C=S) groups is 1. The van der Waals surface area contributed by atoms with E-state index in [4.69, 9.17) is 29.6 Å². The van der Waals surface area contributed by atoms with E-state index in [-0.39, 0.29) is 0 Å². The van der Waals surface area contributed by atoms with Gasteiger partial charge in [-0.15, -0.1) is 0 Å². The number of nitrogens with zero attached hydrogens (tertiary/aromatic N) is 2. The number of nitrogens with two attached hydrogens (primary N) is 1. The van der Waals surface area contributed by atoms with Gasteiger partial charge in [0.05, 0.1) is 16.4 Å². The van der Waals surface area contributed by atoms with Crippen LogP contribution in [-0.4, -0.2) is 14.8 Å². The third-order valence-electron chi connectivity index (χ3n) is 2.21. The highest BCUT2D eigenvalue weighted by atomic mass is 35.5. The second-order valence-electron chi connectivity index (χ2n) is 3.43. The lowest BCUT2D eigenvalue weighted by Crippen LogP contribution is -2.10. The minimum absolute atomic E-state index is 0.299. The minimum atomic E-state index is 0.299. The second-order valence-corrected chi connectivity index (χ2v) is 4.28. The van der Waals surface area contributed by atoms with Crippen molar-refractivity contribution in [2.24, 2.45) is 5.73 Å². The van der Waals surface area contributed by atoms with E-state index < -0.39 is 0 Å². The van der Waals surface area contributed by atoms with Gasteiger partial charge in [0.15, 0.2) is 0 Å². The molecule has 0 radical (unpaired) electrons. The Morgan fingerprint density at radius 1 is 1.44 bits per heavy atom. The van der Waals surface area contributed by atoms with Gasteiger partial charge in [0, 0.05) is 11.8 Å². The Morgan fingerprint density at radius 2 is 2.19 bits per heavy atom. The molecule has 0 aliphatic heterocycles. The summed E-state index contributed by atoms with van der Waals surface area (Å²) in [7, 11) is 0. The number of benzene rings is 1. The van der Waals surface area contributed by atoms with Gasteiger partial charge < -0.3 is 5.73 Å². The zero-order valence-corrected chi connectivity index (χ0v) is 10.2. The molecule has 16 heavy (non-hydrogen) atoms. The van der Waals surface area contributed by atoms with E-state index >= 15 is 0 Å². The molecular weight excluding hydrogens is 242 g/mol. The van der Waals surface area contributed by atoms with Gasteiger partial charge in [-0.25, -0.2) is 4.68 Å². The molecule has 2 aromatic rings. The molecule has 0 saturated carbocycles. The number of hydrogen-bond donors (Lipinski definition) is 1. The fourth-order valence-electron chi connectivity index (χ4n) is 1.41. The van der Waals surface area contributed by atoms with Crippen LogP contribution in [0.3, 0.4) is 0 Å². The van der Waals surface area contributed by atoms with Crippen molar-refractivity contribution in [3.63, 3.8) is 0 Å². The van der Waals surface area contributed by atoms with Gasteiger partial charge in [0.2, 0.25) is 0 Å². The van der Waals surface area contributed by atoms with E-state index in [1.165, 1.54) is 0 Å². The number of halogens is 1. The maximum absolute atomic E-state index is 6.07. The molecular formula is C11H10ClN3S. The highest BCUT2D eigenvalue weighted by molar-refractivity contribution is 7.80. The molecule has 1 aromatic heterocycles. The van der Waals surface area contributed by atoms with Crippen molar-refractivity contribution in [3.05, 3.63) is 46.7 Å². The fraction of sp³-hybridized carbons (Fsp3) is 0.0909. The highest BCUT2D eigenvalue weighted by Gasteiger charge is 2.05. The maximum atomic E-state index is 6.07. The molecule has 1 aromatic carbocycles. The van der Waals surface area contributed by atoms with E-state index in [0.717, 1.165) is 11.4 Å². The first-order valence-corrected chi connectivity index (χ1v) is 5.48. The van der Waals surface area contributed by atoms with Crippen molar-refractivity contribution >= 4 is 28.8 Å². The summed E-state index contributed by atoms with van der Waals surface area (Å²) in [6, 6.07) is 7.40. The number of hydrogen-bond acceptors (Lipinski definition) is 2. The molecule has 0 atom stereocenters. The molecule has 2 rings (SSSR count). The van der Waals surface area contributed by atoms with Crippen molar-refractivity contribution in [1.82, 2.24) is 9.78 Å². The number of rotatable bonds is 2. The van der Waals surface area contributed by atoms with Crippen LogP contribution in [-0.2, 0) is 0 Å². The maximum Gasteiger partial charge on any atom is 0.105 e. The van der Waals surface area contributed by atoms with Crippen molar-refractivity contribution < 1.29 is 0 Å². The van der Waals surface area contributed by atoms with E-state index in [9.17, 15) is 0 Å². The van der Waals surface area contributed by atoms with Crippen LogP contribution in [0.1, 0.15) is 11.3 Å². The molecule has 5 heteroatoms. The summed E-state index contributed by atoms with van der Waals surface area (Å²) in [6.45, 7) is 1.93. The summed E-state index contributed by atoms with van der Waals surface area (Å²) >= 11 is 11.0. The summed E-state index contributed by atoms with van der Waals surface area (Å²) in [4.78, 5) is 0.299. The zero-order chi connectivity index (χ0) is 11.7. The Balaban J connectivity index is 2.45. The molecule has 0 amide bonds. The Hall–Kier alpha value is -1.39. The number of aryl methyl sites for hydroxylation is 1. The molecule has 0 aliphatic rings. The average Bonchev–Trinajstić information content (AvgIpc) is 2.64. The smallest absolute Gasteiger partial charge is 0.105 e. The minimum Gasteiger partial charge on any atom is -0.389 e. The molecule has 2 N–H and O–H groups in total. The second kappa shape index (κ2) is 4.23. The fourth-order valence-corrected chi connectivity index (χ4v) is 1.92. The lowest BCUT2D eigenvalue weighted by atomic mass is 10.2. The summed E-state index contributed by atoms with van der Waals surface area (Å²) in [5.74, 6) is 0. The third-order valence-corrected chi connectivity index (χ3v) is 2.74. The third kappa shape index (κ3) is 2.08. The van der Waals surface area contributed by atoms with Gasteiger partial charge in [0.1, 0.15) is 4.99 Å². The average molecular weight is 252 g/mol. The van der Waals surface area contributed by atoms with E-state index in [2.05, 4.69) is 5.10 Å². The SMILES string of the molecule is Cc1ccn(-c2ccc(C(N)=S)c(Cl)c2)n1. The van der Waals surface area contributed by atoms with Crippen LogP contribution in [0, 0.1) is 6.92 Å². The topological polar surface area (TPSA) is 43.8 Å². The van der Waals surface area contributed by atoms with Gasteiger partial charge in [0.25, 0.3) is 0 Å². The van der Waals surface area contributed by atoms with Crippen LogP contribution in [0.25, 0.3) is 5.69 Å². The molecule has 0 bridgehead atoms. The summed E-state index contributed by atoms with van der Waals surface area (Å²) in [5.41, 5.74) is 8.06. The van der Waals surface area contributed by atoms with Crippen molar-refractivity contribution in [2.45, 2.75) is 6.92 Å². The molecule has 0 spiro atoms. The standard InChI is InChI=1S/C11H10ClN3S/c1-7-4-5-15(14-7)8-2-3-9(11(13)16)10(12)6-8/h2-6H,1H3,(H2,13,16). The molecule has 3 nitrogen and oxygen atoms in total. The van der Waals surface area contributed by atoms with Crippen LogP contribution in [0.4, 0.5) is 0 Å². The van der Waals surface area contributed by atoms with Crippen molar-refractivity contribution in [1.29, 1.82) is 0 Å². The Labute approximate surface area is 104 Å². The van der Waals surface area contributed by atoms with Crippen LogP contribution in [0.2, 0.25) is 5.02 Å². The van der Waals surface area contributed by atoms with E-state index in [1.54, 1.807) is 16.8 Å². The van der Waals surface area contributed by atoms with E-state index in [1.807, 2.05) is 25.3 Å². The van der Waals surface area contributed by atoms with Crippen LogP contribution in [0.5, 0.6) is 0 Å². The van der Waals surface area contributed by atoms with Gasteiger partial charge in [-0.3, -0.25) is 0 Å². The molecule has 0 unspecified atom stereocenters. The van der Waals surface area contributed by atoms with Crippen LogP contribution in [0.15, 0.2) is 30.5 Å². The largest absolute Gasteiger partial charge is 0.389 e. The predicted octanol–water partition coefficient (Wildman–Crippen LogP) is 2.47. The number of aromatic nitrogens is 2. The van der Waals surface area contributed by atoms with Gasteiger partial charge >= 0.3 is 0 Å². The first kappa shape index (κ1) is 11.1. The Kier molecular flexibility index (Phi) is 2.94. The first-order chi connectivity index (χ1) is 7.58. The normalized spacial score (nSPS) is 10.4. The van der Waals surface area contributed by atoms with Crippen molar-refractivity contribution in [3.8, 4) is 5.69 Å². The summed E-state index contributed by atoms with van der Waals surface area (Å²) in [5, 5.41) is 4.83. The van der Waals surface area contributed by atoms with E-state index in [0.29, 0.717) is 15.6 Å². The zero-order valence-electron chi connectivity index (χ0n) is 8.64. The first-order valence-electron chi connectivity index (χ1n) is 4.70.